The summed E-state index contributed by atoms with van der Waals surface area (Å²) in [6.45, 7) is 0. The normalized spacial score (nSPS) is 11.3. The molecule has 0 radical (unpaired) electrons. The van der Waals surface area contributed by atoms with Crippen LogP contribution >= 0.6 is 0 Å². The zero-order valence-electron chi connectivity index (χ0n) is 12.7. The van der Waals surface area contributed by atoms with Crippen LogP contribution in [0.4, 0.5) is 0 Å². The Labute approximate surface area is 132 Å². The van der Waals surface area contributed by atoms with Crippen molar-refractivity contribution in [3.63, 3.8) is 0 Å². The number of aromatic amines is 1. The Kier molecular flexibility index (Phi) is 2.98. The average molecular weight is 304 g/mol. The molecule has 114 valence electrons. The molecule has 0 amide bonds. The summed E-state index contributed by atoms with van der Waals surface area (Å²) in [7, 11) is 1.74. The molecule has 4 heteroatoms. The van der Waals surface area contributed by atoms with E-state index in [2.05, 4.69) is 4.98 Å². The van der Waals surface area contributed by atoms with Gasteiger partial charge in [-0.15, -0.1) is 0 Å². The summed E-state index contributed by atoms with van der Waals surface area (Å²) in [4.78, 5) is 15.9. The number of hydrogen-bond acceptors (Lipinski definition) is 2. The van der Waals surface area contributed by atoms with Crippen LogP contribution in [0.1, 0.15) is 11.1 Å². The number of hydrogen-bond donors (Lipinski definition) is 2. The predicted octanol–water partition coefficient (Wildman–Crippen LogP) is 3.32. The van der Waals surface area contributed by atoms with Crippen LogP contribution in [0.15, 0.2) is 59.5 Å². The van der Waals surface area contributed by atoms with Crippen LogP contribution in [0, 0.1) is 0 Å². The molecule has 4 aromatic rings. The van der Waals surface area contributed by atoms with Gasteiger partial charge in [0.05, 0.1) is 11.1 Å². The summed E-state index contributed by atoms with van der Waals surface area (Å²) in [5.74, 6) is 0.0778. The van der Waals surface area contributed by atoms with Crippen LogP contribution < -0.4 is 5.56 Å². The lowest BCUT2D eigenvalue weighted by Crippen LogP contribution is -2.21. The van der Waals surface area contributed by atoms with E-state index in [4.69, 9.17) is 0 Å². The summed E-state index contributed by atoms with van der Waals surface area (Å²) < 4.78 is 1.60. The van der Waals surface area contributed by atoms with Gasteiger partial charge in [0.1, 0.15) is 5.75 Å². The number of benzene rings is 2. The summed E-state index contributed by atoms with van der Waals surface area (Å²) in [6.07, 6.45) is 2.30. The van der Waals surface area contributed by atoms with Gasteiger partial charge in [-0.1, -0.05) is 30.3 Å². The number of para-hydroxylation sites is 2. The lowest BCUT2D eigenvalue weighted by atomic mass is 10.0. The van der Waals surface area contributed by atoms with Gasteiger partial charge in [0.25, 0.3) is 5.56 Å². The van der Waals surface area contributed by atoms with Gasteiger partial charge in [-0.05, 0) is 23.8 Å². The summed E-state index contributed by atoms with van der Waals surface area (Å²) in [5.41, 5.74) is 3.03. The molecule has 0 atom stereocenters. The third-order valence-electron chi connectivity index (χ3n) is 4.41. The predicted molar refractivity (Wildman–Crippen MR) is 92.0 cm³/mol. The minimum absolute atomic E-state index is 0.0778. The van der Waals surface area contributed by atoms with Crippen molar-refractivity contribution >= 4 is 21.8 Å². The topological polar surface area (TPSA) is 58.0 Å². The van der Waals surface area contributed by atoms with Crippen molar-refractivity contribution in [1.29, 1.82) is 0 Å². The molecule has 0 spiro atoms. The second-order valence-electron chi connectivity index (χ2n) is 5.74. The number of aromatic nitrogens is 2. The Hall–Kier alpha value is -3.01. The maximum Gasteiger partial charge on any atom is 0.258 e. The maximum absolute atomic E-state index is 12.7. The first-order valence-corrected chi connectivity index (χ1v) is 7.51. The van der Waals surface area contributed by atoms with Crippen molar-refractivity contribution in [2.45, 2.75) is 6.42 Å². The largest absolute Gasteiger partial charge is 0.507 e. The van der Waals surface area contributed by atoms with E-state index in [-0.39, 0.29) is 11.3 Å². The molecule has 2 aromatic heterocycles. The van der Waals surface area contributed by atoms with Crippen molar-refractivity contribution < 1.29 is 5.11 Å². The molecule has 0 unspecified atom stereocenters. The SMILES string of the molecule is Cn1c(=O)c(Cc2c[nH]c3ccccc23)c(O)c2ccccc21. The average Bonchev–Trinajstić information content (AvgIpc) is 3.00. The van der Waals surface area contributed by atoms with Crippen LogP contribution in [0.3, 0.4) is 0 Å². The molecule has 0 aliphatic heterocycles. The van der Waals surface area contributed by atoms with Crippen molar-refractivity contribution in [1.82, 2.24) is 9.55 Å². The molecule has 0 bridgehead atoms. The molecule has 0 aliphatic rings. The number of aromatic hydroxyl groups is 1. The first-order chi connectivity index (χ1) is 11.2. The van der Waals surface area contributed by atoms with Crippen LogP contribution in [-0.2, 0) is 13.5 Å². The van der Waals surface area contributed by atoms with Crippen LogP contribution in [-0.4, -0.2) is 14.7 Å². The Morgan fingerprint density at radius 3 is 2.57 bits per heavy atom. The van der Waals surface area contributed by atoms with E-state index in [9.17, 15) is 9.90 Å². The van der Waals surface area contributed by atoms with Crippen LogP contribution in [0.2, 0.25) is 0 Å². The number of rotatable bonds is 2. The molecule has 0 saturated heterocycles. The van der Waals surface area contributed by atoms with Crippen LogP contribution in [0.5, 0.6) is 5.75 Å². The third-order valence-corrected chi connectivity index (χ3v) is 4.41. The minimum Gasteiger partial charge on any atom is -0.507 e. The van der Waals surface area contributed by atoms with E-state index >= 15 is 0 Å². The van der Waals surface area contributed by atoms with Gasteiger partial charge in [0.2, 0.25) is 0 Å². The first-order valence-electron chi connectivity index (χ1n) is 7.51. The fourth-order valence-electron chi connectivity index (χ4n) is 3.17. The van der Waals surface area contributed by atoms with Gasteiger partial charge >= 0.3 is 0 Å². The second-order valence-corrected chi connectivity index (χ2v) is 5.74. The highest BCUT2D eigenvalue weighted by Gasteiger charge is 2.16. The fourth-order valence-corrected chi connectivity index (χ4v) is 3.17. The molecular weight excluding hydrogens is 288 g/mol. The molecular formula is C19H16N2O2. The van der Waals surface area contributed by atoms with E-state index in [1.165, 1.54) is 0 Å². The Morgan fingerprint density at radius 1 is 1.04 bits per heavy atom. The Bertz CT molecular complexity index is 1090. The highest BCUT2D eigenvalue weighted by atomic mass is 16.3. The maximum atomic E-state index is 12.7. The fraction of sp³-hybridized carbons (Fsp3) is 0.105. The number of H-pyrrole nitrogens is 1. The van der Waals surface area contributed by atoms with Gasteiger partial charge in [-0.3, -0.25) is 4.79 Å². The number of nitrogens with one attached hydrogen (secondary N) is 1. The summed E-state index contributed by atoms with van der Waals surface area (Å²) in [6, 6.07) is 15.4. The summed E-state index contributed by atoms with van der Waals surface area (Å²) in [5, 5.41) is 12.4. The molecule has 0 saturated carbocycles. The van der Waals surface area contributed by atoms with Crippen molar-refractivity contribution in [3.8, 4) is 5.75 Å². The van der Waals surface area contributed by atoms with Gasteiger partial charge < -0.3 is 14.7 Å². The minimum atomic E-state index is -0.161. The monoisotopic (exact) mass is 304 g/mol. The second kappa shape index (κ2) is 5.02. The number of nitrogens with zero attached hydrogens (tertiary/aromatic N) is 1. The standard InChI is InChI=1S/C19H16N2O2/c1-21-17-9-5-3-7-14(17)18(22)15(19(21)23)10-12-11-20-16-8-4-2-6-13(12)16/h2-9,11,20,22H,10H2,1H3. The van der Waals surface area contributed by atoms with Crippen LogP contribution in [0.25, 0.3) is 21.8 Å². The van der Waals surface area contributed by atoms with Crippen molar-refractivity contribution in [2.24, 2.45) is 7.05 Å². The molecule has 0 aliphatic carbocycles. The number of aryl methyl sites for hydroxylation is 1. The van der Waals surface area contributed by atoms with Crippen molar-refractivity contribution in [2.75, 3.05) is 0 Å². The van der Waals surface area contributed by atoms with E-state index in [0.29, 0.717) is 17.4 Å². The van der Waals surface area contributed by atoms with Gasteiger partial charge in [-0.25, -0.2) is 0 Å². The molecule has 4 nitrogen and oxygen atoms in total. The first kappa shape index (κ1) is 13.6. The van der Waals surface area contributed by atoms with Gasteiger partial charge in [-0.2, -0.15) is 0 Å². The molecule has 23 heavy (non-hydrogen) atoms. The van der Waals surface area contributed by atoms with E-state index < -0.39 is 0 Å². The van der Waals surface area contributed by atoms with Gasteiger partial charge in [0, 0.05) is 36.0 Å². The van der Waals surface area contributed by atoms with Gasteiger partial charge in [0.15, 0.2) is 0 Å². The molecule has 2 aromatic carbocycles. The van der Waals surface area contributed by atoms with E-state index in [1.54, 1.807) is 11.6 Å². The Balaban J connectivity index is 1.94. The molecule has 2 heterocycles. The molecule has 2 N–H and O–H groups in total. The highest BCUT2D eigenvalue weighted by molar-refractivity contribution is 5.87. The number of fused-ring (bicyclic) bond motifs is 2. The third kappa shape index (κ3) is 2.03. The van der Waals surface area contributed by atoms with Crippen molar-refractivity contribution in [3.05, 3.63) is 76.2 Å². The Morgan fingerprint density at radius 2 is 1.74 bits per heavy atom. The lowest BCUT2D eigenvalue weighted by Gasteiger charge is -2.11. The van der Waals surface area contributed by atoms with E-state index in [0.717, 1.165) is 22.0 Å². The number of pyridine rings is 1. The zero-order chi connectivity index (χ0) is 16.0. The van der Waals surface area contributed by atoms with E-state index in [1.807, 2.05) is 54.7 Å². The highest BCUT2D eigenvalue weighted by Crippen LogP contribution is 2.29. The zero-order valence-corrected chi connectivity index (χ0v) is 12.7. The lowest BCUT2D eigenvalue weighted by molar-refractivity contribution is 0.473. The molecule has 0 fully saturated rings. The summed E-state index contributed by atoms with van der Waals surface area (Å²) >= 11 is 0. The molecule has 4 rings (SSSR count). The quantitative estimate of drug-likeness (QED) is 0.597. The smallest absolute Gasteiger partial charge is 0.258 e.